The summed E-state index contributed by atoms with van der Waals surface area (Å²) in [5, 5.41) is 4.55. The second kappa shape index (κ2) is 8.49. The maximum absolute atomic E-state index is 12.5. The predicted octanol–water partition coefficient (Wildman–Crippen LogP) is 2.93. The molecule has 30 heavy (non-hydrogen) atoms. The second-order valence-corrected chi connectivity index (χ2v) is 9.14. The van der Waals surface area contributed by atoms with Crippen LogP contribution in [0.5, 0.6) is 5.75 Å². The largest absolute Gasteiger partial charge is 0.497 e. The molecule has 0 atom stereocenters. The number of aromatic amines is 1. The van der Waals surface area contributed by atoms with E-state index in [1.807, 2.05) is 24.4 Å². The Kier molecular flexibility index (Phi) is 5.78. The number of carbonyl (C=O) groups excluding carboxylic acids is 1. The van der Waals surface area contributed by atoms with Crippen molar-refractivity contribution in [3.05, 3.63) is 59.8 Å². The lowest BCUT2D eigenvalue weighted by Crippen LogP contribution is -2.31. The van der Waals surface area contributed by atoms with Crippen LogP contribution in [-0.2, 0) is 16.4 Å². The SMILES string of the molecule is COc1ccc2[nH]cc(CCNCCCCN3C(=O)c4ccccc4S3(=O)=O)c2c1. The predicted molar refractivity (Wildman–Crippen MR) is 115 cm³/mol. The molecule has 2 heterocycles. The smallest absolute Gasteiger partial charge is 0.269 e. The van der Waals surface area contributed by atoms with E-state index in [2.05, 4.69) is 10.3 Å². The highest BCUT2D eigenvalue weighted by Crippen LogP contribution is 2.30. The van der Waals surface area contributed by atoms with Gasteiger partial charge in [-0.1, -0.05) is 12.1 Å². The van der Waals surface area contributed by atoms with Gasteiger partial charge in [0.1, 0.15) is 10.6 Å². The number of amides is 1. The molecule has 2 aromatic carbocycles. The molecule has 158 valence electrons. The zero-order valence-corrected chi connectivity index (χ0v) is 17.7. The van der Waals surface area contributed by atoms with Crippen molar-refractivity contribution >= 4 is 26.8 Å². The van der Waals surface area contributed by atoms with Crippen LogP contribution in [0.2, 0.25) is 0 Å². The number of methoxy groups -OCH3 is 1. The number of benzene rings is 2. The molecule has 0 aliphatic carbocycles. The minimum Gasteiger partial charge on any atom is -0.497 e. The normalized spacial score (nSPS) is 15.0. The summed E-state index contributed by atoms with van der Waals surface area (Å²) < 4.78 is 31.3. The third kappa shape index (κ3) is 3.80. The van der Waals surface area contributed by atoms with E-state index in [9.17, 15) is 13.2 Å². The monoisotopic (exact) mass is 427 g/mol. The van der Waals surface area contributed by atoms with Crippen molar-refractivity contribution in [2.45, 2.75) is 24.2 Å². The van der Waals surface area contributed by atoms with Crippen LogP contribution in [0.15, 0.2) is 53.6 Å². The molecule has 1 aliphatic heterocycles. The molecular weight excluding hydrogens is 402 g/mol. The molecule has 0 unspecified atom stereocenters. The van der Waals surface area contributed by atoms with Crippen molar-refractivity contribution in [3.8, 4) is 5.75 Å². The molecule has 0 saturated carbocycles. The first-order chi connectivity index (χ1) is 14.5. The van der Waals surface area contributed by atoms with Crippen molar-refractivity contribution < 1.29 is 17.9 Å². The lowest BCUT2D eigenvalue weighted by molar-refractivity contribution is 0.0869. The molecule has 1 amide bonds. The first-order valence-electron chi connectivity index (χ1n) is 10.0. The Morgan fingerprint density at radius 1 is 1.10 bits per heavy atom. The topological polar surface area (TPSA) is 91.5 Å². The Bertz CT molecular complexity index is 1170. The van der Waals surface area contributed by atoms with E-state index < -0.39 is 15.9 Å². The first kappa shape index (κ1) is 20.4. The van der Waals surface area contributed by atoms with Gasteiger partial charge in [-0.15, -0.1) is 0 Å². The van der Waals surface area contributed by atoms with E-state index in [1.54, 1.807) is 25.3 Å². The number of nitrogens with one attached hydrogen (secondary N) is 2. The minimum absolute atomic E-state index is 0.114. The fourth-order valence-electron chi connectivity index (χ4n) is 3.80. The molecular formula is C22H25N3O4S. The lowest BCUT2D eigenvalue weighted by Gasteiger charge is -2.14. The number of carbonyl (C=O) groups is 1. The third-order valence-corrected chi connectivity index (χ3v) is 7.26. The van der Waals surface area contributed by atoms with Gasteiger partial charge in [0.15, 0.2) is 0 Å². The number of ether oxygens (including phenoxy) is 1. The maximum Gasteiger partial charge on any atom is 0.269 e. The summed E-state index contributed by atoms with van der Waals surface area (Å²) in [4.78, 5) is 15.8. The van der Waals surface area contributed by atoms with Crippen molar-refractivity contribution in [3.63, 3.8) is 0 Å². The molecule has 3 aromatic rings. The summed E-state index contributed by atoms with van der Waals surface area (Å²) >= 11 is 0. The van der Waals surface area contributed by atoms with E-state index in [1.165, 1.54) is 11.6 Å². The number of hydrogen-bond acceptors (Lipinski definition) is 5. The summed E-state index contributed by atoms with van der Waals surface area (Å²) in [7, 11) is -2.04. The number of unbranched alkanes of at least 4 members (excludes halogenated alkanes) is 1. The average Bonchev–Trinajstić information content (AvgIpc) is 3.24. The highest BCUT2D eigenvalue weighted by molar-refractivity contribution is 7.90. The maximum atomic E-state index is 12.5. The molecule has 7 nitrogen and oxygen atoms in total. The number of H-pyrrole nitrogens is 1. The van der Waals surface area contributed by atoms with Crippen molar-refractivity contribution in [1.82, 2.24) is 14.6 Å². The van der Waals surface area contributed by atoms with Crippen molar-refractivity contribution in [1.29, 1.82) is 0 Å². The number of rotatable bonds is 9. The summed E-state index contributed by atoms with van der Waals surface area (Å²) in [5.41, 5.74) is 2.58. The summed E-state index contributed by atoms with van der Waals surface area (Å²) in [6.45, 7) is 1.79. The second-order valence-electron chi connectivity index (χ2n) is 7.31. The van der Waals surface area contributed by atoms with Gasteiger partial charge in [-0.25, -0.2) is 12.7 Å². The van der Waals surface area contributed by atoms with Gasteiger partial charge < -0.3 is 15.0 Å². The molecule has 0 bridgehead atoms. The van der Waals surface area contributed by atoms with Crippen molar-refractivity contribution in [2.75, 3.05) is 26.7 Å². The zero-order chi connectivity index (χ0) is 21.1. The molecule has 8 heteroatoms. The average molecular weight is 428 g/mol. The van der Waals surface area contributed by atoms with Gasteiger partial charge in [0.25, 0.3) is 15.9 Å². The van der Waals surface area contributed by atoms with Crippen LogP contribution >= 0.6 is 0 Å². The molecule has 0 spiro atoms. The van der Waals surface area contributed by atoms with Crippen LogP contribution < -0.4 is 10.1 Å². The summed E-state index contributed by atoms with van der Waals surface area (Å²) in [5.74, 6) is 0.415. The van der Waals surface area contributed by atoms with E-state index in [4.69, 9.17) is 4.74 Å². The number of aromatic nitrogens is 1. The van der Waals surface area contributed by atoms with Gasteiger partial charge in [-0.05, 0) is 68.2 Å². The molecule has 4 rings (SSSR count). The van der Waals surface area contributed by atoms with Crippen LogP contribution in [0.3, 0.4) is 0 Å². The first-order valence-corrected chi connectivity index (χ1v) is 11.5. The van der Waals surface area contributed by atoms with Crippen LogP contribution in [0.25, 0.3) is 10.9 Å². The number of nitrogens with zero attached hydrogens (tertiary/aromatic N) is 1. The van der Waals surface area contributed by atoms with E-state index in [-0.39, 0.29) is 17.0 Å². The molecule has 0 radical (unpaired) electrons. The van der Waals surface area contributed by atoms with E-state index in [0.717, 1.165) is 46.9 Å². The zero-order valence-electron chi connectivity index (χ0n) is 16.8. The van der Waals surface area contributed by atoms with Gasteiger partial charge in [-0.3, -0.25) is 4.79 Å². The number of hydrogen-bond donors (Lipinski definition) is 2. The van der Waals surface area contributed by atoms with Gasteiger partial charge in [0, 0.05) is 23.6 Å². The minimum atomic E-state index is -3.70. The van der Waals surface area contributed by atoms with Gasteiger partial charge in [0.05, 0.1) is 12.7 Å². The Morgan fingerprint density at radius 3 is 2.73 bits per heavy atom. The Labute approximate surface area is 176 Å². The summed E-state index contributed by atoms with van der Waals surface area (Å²) in [6, 6.07) is 12.4. The highest BCUT2D eigenvalue weighted by Gasteiger charge is 2.40. The standard InChI is InChI=1S/C22H25N3O4S/c1-29-17-8-9-20-19(14-17)16(15-24-20)10-12-23-11-4-5-13-25-22(26)18-6-2-3-7-21(18)30(25,27)28/h2-3,6-9,14-15,23-24H,4-5,10-13H2,1H3. The molecule has 2 N–H and O–H groups in total. The Morgan fingerprint density at radius 2 is 1.93 bits per heavy atom. The lowest BCUT2D eigenvalue weighted by atomic mass is 10.1. The third-order valence-electron chi connectivity index (χ3n) is 5.42. The summed E-state index contributed by atoms with van der Waals surface area (Å²) in [6.07, 6.45) is 4.31. The van der Waals surface area contributed by atoms with Crippen LogP contribution in [0.4, 0.5) is 0 Å². The van der Waals surface area contributed by atoms with Gasteiger partial charge in [0.2, 0.25) is 0 Å². The van der Waals surface area contributed by atoms with Crippen LogP contribution in [-0.4, -0.2) is 50.4 Å². The molecule has 0 saturated heterocycles. The van der Waals surface area contributed by atoms with Crippen LogP contribution in [0, 0.1) is 0 Å². The molecule has 0 fully saturated rings. The van der Waals surface area contributed by atoms with E-state index in [0.29, 0.717) is 6.42 Å². The fourth-order valence-corrected chi connectivity index (χ4v) is 5.40. The quantitative estimate of drug-likeness (QED) is 0.513. The van der Waals surface area contributed by atoms with E-state index >= 15 is 0 Å². The molecule has 1 aliphatic rings. The Balaban J connectivity index is 1.22. The van der Waals surface area contributed by atoms with Gasteiger partial charge >= 0.3 is 0 Å². The number of fused-ring (bicyclic) bond motifs is 2. The van der Waals surface area contributed by atoms with Crippen LogP contribution in [0.1, 0.15) is 28.8 Å². The fraction of sp³-hybridized carbons (Fsp3) is 0.318. The Hall–Kier alpha value is -2.84. The highest BCUT2D eigenvalue weighted by atomic mass is 32.2. The van der Waals surface area contributed by atoms with Gasteiger partial charge in [-0.2, -0.15) is 0 Å². The van der Waals surface area contributed by atoms with Crippen molar-refractivity contribution in [2.24, 2.45) is 0 Å². The number of sulfonamides is 1. The molecule has 1 aromatic heterocycles.